The van der Waals surface area contributed by atoms with E-state index in [2.05, 4.69) is 48.0 Å². The normalized spacial score (nSPS) is 11.9. The molecule has 0 radical (unpaired) electrons. The van der Waals surface area contributed by atoms with Gasteiger partial charge in [-0.05, 0) is 42.7 Å². The molecule has 0 fully saturated rings. The standard InChI is InChI=1S/C22H24N2O/c1-3-18-10-4-5-12-20(18)23-22(25)16-21(24-13-6-7-14-24)19-11-8-9-17(2)15-19/h4-15,21H,3,16H2,1-2H3,(H,23,25)/t21-/m1/s1. The van der Waals surface area contributed by atoms with Crippen molar-refractivity contribution in [2.75, 3.05) is 5.32 Å². The molecule has 1 amide bonds. The largest absolute Gasteiger partial charge is 0.346 e. The summed E-state index contributed by atoms with van der Waals surface area (Å²) >= 11 is 0. The highest BCUT2D eigenvalue weighted by Gasteiger charge is 2.18. The zero-order valence-corrected chi connectivity index (χ0v) is 14.8. The fourth-order valence-electron chi connectivity index (χ4n) is 3.16. The van der Waals surface area contributed by atoms with Gasteiger partial charge in [0, 0.05) is 18.1 Å². The number of benzene rings is 2. The molecule has 3 nitrogen and oxygen atoms in total. The van der Waals surface area contributed by atoms with Gasteiger partial charge >= 0.3 is 0 Å². The lowest BCUT2D eigenvalue weighted by molar-refractivity contribution is -0.116. The van der Waals surface area contributed by atoms with Crippen LogP contribution >= 0.6 is 0 Å². The maximum atomic E-state index is 12.7. The van der Waals surface area contributed by atoms with Crippen LogP contribution < -0.4 is 5.32 Å². The Morgan fingerprint density at radius 2 is 1.80 bits per heavy atom. The fourth-order valence-corrected chi connectivity index (χ4v) is 3.16. The topological polar surface area (TPSA) is 34.0 Å². The van der Waals surface area contributed by atoms with Gasteiger partial charge in [-0.2, -0.15) is 0 Å². The molecular formula is C22H24N2O. The molecule has 0 spiro atoms. The van der Waals surface area contributed by atoms with E-state index in [1.165, 1.54) is 5.56 Å². The quantitative estimate of drug-likeness (QED) is 0.679. The van der Waals surface area contributed by atoms with Crippen molar-refractivity contribution in [3.63, 3.8) is 0 Å². The number of nitrogens with zero attached hydrogens (tertiary/aromatic N) is 1. The molecule has 0 aliphatic heterocycles. The smallest absolute Gasteiger partial charge is 0.226 e. The van der Waals surface area contributed by atoms with Crippen molar-refractivity contribution < 1.29 is 4.79 Å². The van der Waals surface area contributed by atoms with Crippen LogP contribution in [-0.4, -0.2) is 10.5 Å². The zero-order chi connectivity index (χ0) is 17.6. The fraction of sp³-hybridized carbons (Fsp3) is 0.227. The molecule has 1 aromatic heterocycles. The van der Waals surface area contributed by atoms with Gasteiger partial charge < -0.3 is 9.88 Å². The van der Waals surface area contributed by atoms with E-state index >= 15 is 0 Å². The lowest BCUT2D eigenvalue weighted by Crippen LogP contribution is -2.20. The van der Waals surface area contributed by atoms with Gasteiger partial charge in [0.05, 0.1) is 12.5 Å². The van der Waals surface area contributed by atoms with Gasteiger partial charge in [-0.25, -0.2) is 0 Å². The second kappa shape index (κ2) is 7.84. The molecule has 25 heavy (non-hydrogen) atoms. The van der Waals surface area contributed by atoms with Crippen molar-refractivity contribution in [1.82, 2.24) is 4.57 Å². The van der Waals surface area contributed by atoms with Crippen LogP contribution in [0.3, 0.4) is 0 Å². The maximum Gasteiger partial charge on any atom is 0.226 e. The van der Waals surface area contributed by atoms with Gasteiger partial charge in [0.2, 0.25) is 5.91 Å². The third kappa shape index (κ3) is 4.18. The predicted octanol–water partition coefficient (Wildman–Crippen LogP) is 4.98. The molecule has 1 heterocycles. The van der Waals surface area contributed by atoms with Crippen molar-refractivity contribution >= 4 is 11.6 Å². The van der Waals surface area contributed by atoms with Crippen molar-refractivity contribution in [1.29, 1.82) is 0 Å². The number of hydrogen-bond donors (Lipinski definition) is 1. The van der Waals surface area contributed by atoms with Crippen LogP contribution in [-0.2, 0) is 11.2 Å². The summed E-state index contributed by atoms with van der Waals surface area (Å²) in [6, 6.07) is 20.3. The molecule has 0 aliphatic rings. The van der Waals surface area contributed by atoms with Gasteiger partial charge in [0.25, 0.3) is 0 Å². The summed E-state index contributed by atoms with van der Waals surface area (Å²) in [5.41, 5.74) is 4.41. The molecule has 0 bridgehead atoms. The first kappa shape index (κ1) is 17.0. The molecule has 3 aromatic rings. The lowest BCUT2D eigenvalue weighted by Gasteiger charge is -2.20. The minimum atomic E-state index is -0.0105. The summed E-state index contributed by atoms with van der Waals surface area (Å²) in [4.78, 5) is 12.7. The Kier molecular flexibility index (Phi) is 5.34. The SMILES string of the molecule is CCc1ccccc1NC(=O)C[C@H](c1cccc(C)c1)n1cccc1. The number of aryl methyl sites for hydroxylation is 2. The van der Waals surface area contributed by atoms with Gasteiger partial charge in [-0.15, -0.1) is 0 Å². The summed E-state index contributed by atoms with van der Waals surface area (Å²) in [6.07, 6.45) is 5.33. The second-order valence-corrected chi connectivity index (χ2v) is 6.32. The Labute approximate surface area is 149 Å². The number of rotatable bonds is 6. The summed E-state index contributed by atoms with van der Waals surface area (Å²) in [5.74, 6) is 0.0288. The number of hydrogen-bond acceptors (Lipinski definition) is 1. The Hall–Kier alpha value is -2.81. The minimum absolute atomic E-state index is 0.0105. The molecule has 0 unspecified atom stereocenters. The lowest BCUT2D eigenvalue weighted by atomic mass is 10.0. The number of carbonyl (C=O) groups excluding carboxylic acids is 1. The monoisotopic (exact) mass is 332 g/mol. The Morgan fingerprint density at radius 3 is 2.52 bits per heavy atom. The molecule has 1 atom stereocenters. The van der Waals surface area contributed by atoms with E-state index in [0.29, 0.717) is 6.42 Å². The molecule has 128 valence electrons. The van der Waals surface area contributed by atoms with Gasteiger partial charge in [0.15, 0.2) is 0 Å². The zero-order valence-electron chi connectivity index (χ0n) is 14.8. The Balaban J connectivity index is 1.82. The Morgan fingerprint density at radius 1 is 1.04 bits per heavy atom. The maximum absolute atomic E-state index is 12.7. The number of amides is 1. The minimum Gasteiger partial charge on any atom is -0.346 e. The van der Waals surface area contributed by atoms with Gasteiger partial charge in [0.1, 0.15) is 0 Å². The van der Waals surface area contributed by atoms with E-state index in [0.717, 1.165) is 23.2 Å². The predicted molar refractivity (Wildman–Crippen MR) is 103 cm³/mol. The van der Waals surface area contributed by atoms with Crippen LogP contribution in [0.25, 0.3) is 0 Å². The van der Waals surface area contributed by atoms with E-state index in [4.69, 9.17) is 0 Å². The van der Waals surface area contributed by atoms with Gasteiger partial charge in [-0.3, -0.25) is 4.79 Å². The van der Waals surface area contributed by atoms with Crippen LogP contribution in [0.2, 0.25) is 0 Å². The molecule has 0 saturated carbocycles. The molecule has 3 rings (SSSR count). The van der Waals surface area contributed by atoms with Gasteiger partial charge in [-0.1, -0.05) is 55.0 Å². The molecular weight excluding hydrogens is 308 g/mol. The molecule has 0 saturated heterocycles. The first-order chi connectivity index (χ1) is 12.2. The van der Waals surface area contributed by atoms with Crippen LogP contribution in [0, 0.1) is 6.92 Å². The molecule has 2 aromatic carbocycles. The average Bonchev–Trinajstić information content (AvgIpc) is 3.14. The average molecular weight is 332 g/mol. The summed E-state index contributed by atoms with van der Waals surface area (Å²) in [5, 5.41) is 3.09. The van der Waals surface area contributed by atoms with Crippen molar-refractivity contribution in [2.24, 2.45) is 0 Å². The van der Waals surface area contributed by atoms with E-state index in [-0.39, 0.29) is 11.9 Å². The van der Waals surface area contributed by atoms with Crippen molar-refractivity contribution in [3.8, 4) is 0 Å². The third-order valence-electron chi connectivity index (χ3n) is 4.47. The third-order valence-corrected chi connectivity index (χ3v) is 4.47. The highest BCUT2D eigenvalue weighted by Crippen LogP contribution is 2.24. The number of aromatic nitrogens is 1. The first-order valence-electron chi connectivity index (χ1n) is 8.74. The Bertz CT molecular complexity index is 837. The highest BCUT2D eigenvalue weighted by atomic mass is 16.1. The van der Waals surface area contributed by atoms with E-state index in [1.807, 2.05) is 48.8 Å². The van der Waals surface area contributed by atoms with E-state index in [1.54, 1.807) is 0 Å². The van der Waals surface area contributed by atoms with Crippen LogP contribution in [0.15, 0.2) is 73.1 Å². The summed E-state index contributed by atoms with van der Waals surface area (Å²) in [6.45, 7) is 4.17. The summed E-state index contributed by atoms with van der Waals surface area (Å²) in [7, 11) is 0. The van der Waals surface area contributed by atoms with Crippen LogP contribution in [0.1, 0.15) is 36.1 Å². The molecule has 3 heteroatoms. The molecule has 1 N–H and O–H groups in total. The number of carbonyl (C=O) groups is 1. The van der Waals surface area contributed by atoms with Crippen LogP contribution in [0.5, 0.6) is 0 Å². The van der Waals surface area contributed by atoms with E-state index < -0.39 is 0 Å². The highest BCUT2D eigenvalue weighted by molar-refractivity contribution is 5.92. The number of nitrogens with one attached hydrogen (secondary N) is 1. The van der Waals surface area contributed by atoms with Crippen molar-refractivity contribution in [2.45, 2.75) is 32.7 Å². The summed E-state index contributed by atoms with van der Waals surface area (Å²) < 4.78 is 2.10. The van der Waals surface area contributed by atoms with E-state index in [9.17, 15) is 4.79 Å². The second-order valence-electron chi connectivity index (χ2n) is 6.32. The van der Waals surface area contributed by atoms with Crippen LogP contribution in [0.4, 0.5) is 5.69 Å². The number of anilines is 1. The number of para-hydroxylation sites is 1. The molecule has 0 aliphatic carbocycles. The first-order valence-corrected chi connectivity index (χ1v) is 8.74. The van der Waals surface area contributed by atoms with Crippen molar-refractivity contribution in [3.05, 3.63) is 89.7 Å².